The van der Waals surface area contributed by atoms with Crippen LogP contribution in [0.4, 0.5) is 0 Å². The van der Waals surface area contributed by atoms with E-state index in [1.807, 2.05) is 26.0 Å². The Labute approximate surface area is 191 Å². The van der Waals surface area contributed by atoms with Crippen LogP contribution in [0.3, 0.4) is 0 Å². The molecular weight excluding hydrogens is 428 g/mol. The van der Waals surface area contributed by atoms with E-state index in [4.69, 9.17) is 28.4 Å². The van der Waals surface area contributed by atoms with E-state index in [9.17, 15) is 9.90 Å². The van der Waals surface area contributed by atoms with Crippen LogP contribution < -0.4 is 28.4 Å². The molecule has 2 bridgehead atoms. The summed E-state index contributed by atoms with van der Waals surface area (Å²) in [6, 6.07) is 7.15. The number of carbonyl (C=O) groups is 1. The molecule has 1 heterocycles. The summed E-state index contributed by atoms with van der Waals surface area (Å²) in [5.41, 5.74) is 1.90. The number of esters is 1. The second-order valence-corrected chi connectivity index (χ2v) is 7.20. The lowest BCUT2D eigenvalue weighted by Crippen LogP contribution is -2.04. The van der Waals surface area contributed by atoms with Crippen molar-refractivity contribution in [1.29, 1.82) is 0 Å². The molecule has 1 aliphatic rings. The van der Waals surface area contributed by atoms with Crippen LogP contribution in [-0.4, -0.2) is 45.6 Å². The molecule has 0 atom stereocenters. The Kier molecular flexibility index (Phi) is 6.20. The third-order valence-corrected chi connectivity index (χ3v) is 5.54. The highest BCUT2D eigenvalue weighted by Gasteiger charge is 2.36. The molecule has 0 amide bonds. The van der Waals surface area contributed by atoms with Gasteiger partial charge in [0.05, 0.1) is 46.7 Å². The summed E-state index contributed by atoms with van der Waals surface area (Å²) >= 11 is 0. The number of fused-ring (bicyclic) bond motifs is 4. The van der Waals surface area contributed by atoms with E-state index in [1.54, 1.807) is 12.1 Å². The minimum absolute atomic E-state index is 0.275. The van der Waals surface area contributed by atoms with Crippen LogP contribution in [0.15, 0.2) is 24.3 Å². The van der Waals surface area contributed by atoms with Crippen LogP contribution in [0.1, 0.15) is 29.8 Å². The molecule has 3 aromatic carbocycles. The van der Waals surface area contributed by atoms with Crippen LogP contribution in [0.2, 0.25) is 0 Å². The molecule has 0 aliphatic carbocycles. The van der Waals surface area contributed by atoms with Crippen molar-refractivity contribution in [2.75, 3.05) is 34.5 Å². The van der Waals surface area contributed by atoms with Gasteiger partial charge in [-0.15, -0.1) is 0 Å². The normalized spacial score (nSPS) is 12.0. The van der Waals surface area contributed by atoms with Gasteiger partial charge in [-0.25, -0.2) is 4.79 Å². The first-order valence-corrected chi connectivity index (χ1v) is 10.6. The maximum absolute atomic E-state index is 13.0. The van der Waals surface area contributed by atoms with Crippen molar-refractivity contribution >= 4 is 16.7 Å². The molecule has 1 aliphatic heterocycles. The van der Waals surface area contributed by atoms with Crippen molar-refractivity contribution in [3.63, 3.8) is 0 Å². The highest BCUT2D eigenvalue weighted by Crippen LogP contribution is 2.54. The standard InChI is InChI=1S/C25H26O8/c1-6-31-16-9-8-13(10-17(16)32-7-2)19-20-14(22-15(12-26)21(19)25(27)33-22)11-18(28-3)23(29-4)24(20)30-5/h8-11,26H,6-7,12H2,1-5H3. The predicted octanol–water partition coefficient (Wildman–Crippen LogP) is 4.35. The molecule has 3 aromatic rings. The first kappa shape index (κ1) is 22.5. The third kappa shape index (κ3) is 3.47. The van der Waals surface area contributed by atoms with E-state index in [0.29, 0.717) is 69.4 Å². The molecule has 0 saturated heterocycles. The Morgan fingerprint density at radius 3 is 2.15 bits per heavy atom. The Hall–Kier alpha value is -3.65. The van der Waals surface area contributed by atoms with Crippen LogP contribution in [-0.2, 0) is 6.61 Å². The zero-order chi connectivity index (χ0) is 23.7. The summed E-state index contributed by atoms with van der Waals surface area (Å²) in [5, 5.41) is 11.3. The molecular formula is C25H26O8. The average Bonchev–Trinajstić information content (AvgIpc) is 3.09. The molecule has 0 saturated carbocycles. The van der Waals surface area contributed by atoms with Gasteiger partial charge in [-0.1, -0.05) is 6.07 Å². The summed E-state index contributed by atoms with van der Waals surface area (Å²) in [7, 11) is 4.54. The number of ether oxygens (including phenoxy) is 6. The molecule has 0 spiro atoms. The highest BCUT2D eigenvalue weighted by molar-refractivity contribution is 6.19. The summed E-state index contributed by atoms with van der Waals surface area (Å²) in [5.74, 6) is 2.05. The van der Waals surface area contributed by atoms with E-state index < -0.39 is 5.97 Å². The van der Waals surface area contributed by atoms with E-state index in [2.05, 4.69) is 0 Å². The van der Waals surface area contributed by atoms with Gasteiger partial charge in [-0.2, -0.15) is 0 Å². The van der Waals surface area contributed by atoms with Crippen molar-refractivity contribution in [2.24, 2.45) is 0 Å². The van der Waals surface area contributed by atoms with E-state index in [-0.39, 0.29) is 17.9 Å². The molecule has 0 fully saturated rings. The minimum atomic E-state index is -0.549. The molecule has 0 aromatic heterocycles. The minimum Gasteiger partial charge on any atom is -0.493 e. The number of hydrogen-bond donors (Lipinski definition) is 1. The summed E-state index contributed by atoms with van der Waals surface area (Å²) in [6.45, 7) is 4.33. The Morgan fingerprint density at radius 1 is 0.848 bits per heavy atom. The van der Waals surface area contributed by atoms with Crippen LogP contribution in [0.5, 0.6) is 34.5 Å². The van der Waals surface area contributed by atoms with Gasteiger partial charge in [0.2, 0.25) is 5.75 Å². The molecule has 0 radical (unpaired) electrons. The second-order valence-electron chi connectivity index (χ2n) is 7.20. The topological polar surface area (TPSA) is 92.7 Å². The van der Waals surface area contributed by atoms with Gasteiger partial charge in [0, 0.05) is 21.9 Å². The number of aliphatic hydroxyl groups is 1. The van der Waals surface area contributed by atoms with Crippen molar-refractivity contribution in [3.8, 4) is 45.6 Å². The smallest absolute Gasteiger partial charge is 0.344 e. The van der Waals surface area contributed by atoms with Gasteiger partial charge < -0.3 is 33.5 Å². The fourth-order valence-corrected chi connectivity index (χ4v) is 4.27. The number of benzene rings is 3. The Balaban J connectivity index is 2.16. The maximum Gasteiger partial charge on any atom is 0.344 e. The predicted molar refractivity (Wildman–Crippen MR) is 122 cm³/mol. The van der Waals surface area contributed by atoms with Crippen LogP contribution in [0.25, 0.3) is 21.9 Å². The van der Waals surface area contributed by atoms with Gasteiger partial charge in [0.15, 0.2) is 23.0 Å². The van der Waals surface area contributed by atoms with Gasteiger partial charge in [-0.05, 0) is 37.6 Å². The summed E-state index contributed by atoms with van der Waals surface area (Å²) in [4.78, 5) is 13.0. The molecule has 4 rings (SSSR count). The Morgan fingerprint density at radius 2 is 1.55 bits per heavy atom. The zero-order valence-corrected chi connectivity index (χ0v) is 19.2. The summed E-state index contributed by atoms with van der Waals surface area (Å²) in [6.07, 6.45) is 0. The number of rotatable bonds is 9. The van der Waals surface area contributed by atoms with Crippen LogP contribution in [0, 0.1) is 0 Å². The largest absolute Gasteiger partial charge is 0.493 e. The van der Waals surface area contributed by atoms with E-state index >= 15 is 0 Å². The van der Waals surface area contributed by atoms with Gasteiger partial charge >= 0.3 is 5.97 Å². The first-order valence-electron chi connectivity index (χ1n) is 10.6. The van der Waals surface area contributed by atoms with E-state index in [0.717, 1.165) is 0 Å². The quantitative estimate of drug-likeness (QED) is 0.477. The van der Waals surface area contributed by atoms with Crippen molar-refractivity contribution in [1.82, 2.24) is 0 Å². The molecule has 8 nitrogen and oxygen atoms in total. The fourth-order valence-electron chi connectivity index (χ4n) is 4.27. The van der Waals surface area contributed by atoms with Gasteiger partial charge in [-0.3, -0.25) is 0 Å². The van der Waals surface area contributed by atoms with Crippen LogP contribution >= 0.6 is 0 Å². The fraction of sp³-hybridized carbons (Fsp3) is 0.320. The van der Waals surface area contributed by atoms with Crippen molar-refractivity contribution in [2.45, 2.75) is 20.5 Å². The number of hydrogen-bond acceptors (Lipinski definition) is 8. The first-order chi connectivity index (χ1) is 16.0. The van der Waals surface area contributed by atoms with Gasteiger partial charge in [0.25, 0.3) is 0 Å². The Bertz CT molecular complexity index is 1230. The maximum atomic E-state index is 13.0. The lowest BCUT2D eigenvalue weighted by atomic mass is 9.89. The molecule has 0 unspecified atom stereocenters. The summed E-state index contributed by atoms with van der Waals surface area (Å²) < 4.78 is 33.9. The monoisotopic (exact) mass is 454 g/mol. The van der Waals surface area contributed by atoms with E-state index in [1.165, 1.54) is 21.3 Å². The molecule has 33 heavy (non-hydrogen) atoms. The third-order valence-electron chi connectivity index (χ3n) is 5.54. The van der Waals surface area contributed by atoms with Crippen molar-refractivity contribution < 1.29 is 38.3 Å². The molecule has 174 valence electrons. The molecule has 1 N–H and O–H groups in total. The second kappa shape index (κ2) is 9.07. The number of aliphatic hydroxyl groups excluding tert-OH is 1. The lowest BCUT2D eigenvalue weighted by Gasteiger charge is -2.19. The number of carbonyl (C=O) groups excluding carboxylic acids is 1. The van der Waals surface area contributed by atoms with Crippen molar-refractivity contribution in [3.05, 3.63) is 35.4 Å². The zero-order valence-electron chi connectivity index (χ0n) is 19.2. The SMILES string of the molecule is CCOc1ccc(-c2c3c(CO)c(c4cc(OC)c(OC)c(OC)c24)OC3=O)cc1OCC. The molecule has 8 heteroatoms. The number of methoxy groups -OCH3 is 3. The highest BCUT2D eigenvalue weighted by atomic mass is 16.5. The average molecular weight is 454 g/mol. The lowest BCUT2D eigenvalue weighted by molar-refractivity contribution is 0.0757. The van der Waals surface area contributed by atoms with Gasteiger partial charge in [0.1, 0.15) is 5.75 Å².